The molecule has 41 heavy (non-hydrogen) atoms. The van der Waals surface area contributed by atoms with Crippen molar-refractivity contribution >= 4 is 40.3 Å². The van der Waals surface area contributed by atoms with Crippen molar-refractivity contribution in [2.24, 2.45) is 9.98 Å². The number of nitrogens with zero attached hydrogens (tertiary/aromatic N) is 3. The average molecular weight is 598 g/mol. The molecule has 0 spiro atoms. The second-order valence-electron chi connectivity index (χ2n) is 10.8. The first-order valence-corrected chi connectivity index (χ1v) is 15.9. The third kappa shape index (κ3) is 7.68. The molecule has 218 valence electrons. The molecular weight excluding hydrogens is 561 g/mol. The second-order valence-corrected chi connectivity index (χ2v) is 12.1. The molecular formula is C31H37ClFN5O2S. The van der Waals surface area contributed by atoms with Gasteiger partial charge in [-0.25, -0.2) is 9.18 Å². The zero-order valence-corrected chi connectivity index (χ0v) is 24.9. The predicted octanol–water partition coefficient (Wildman–Crippen LogP) is 6.74. The van der Waals surface area contributed by atoms with Gasteiger partial charge in [0.15, 0.2) is 11.0 Å². The Kier molecular flexibility index (Phi) is 10.3. The van der Waals surface area contributed by atoms with Crippen LogP contribution >= 0.6 is 23.4 Å². The van der Waals surface area contributed by atoms with E-state index in [4.69, 9.17) is 26.3 Å². The van der Waals surface area contributed by atoms with Crippen LogP contribution in [0.15, 0.2) is 63.8 Å². The van der Waals surface area contributed by atoms with Crippen LogP contribution in [0.25, 0.3) is 0 Å². The Balaban J connectivity index is 1.50. The number of ether oxygens (including phenoxy) is 1. The number of nitrogens with one attached hydrogen (secondary N) is 2. The summed E-state index contributed by atoms with van der Waals surface area (Å²) in [7, 11) is 1.35. The van der Waals surface area contributed by atoms with Crippen molar-refractivity contribution in [3.63, 3.8) is 0 Å². The highest BCUT2D eigenvalue weighted by Crippen LogP contribution is 2.37. The van der Waals surface area contributed by atoms with Crippen LogP contribution in [0.5, 0.6) is 0 Å². The number of esters is 1. The Morgan fingerprint density at radius 1 is 1.12 bits per heavy atom. The number of pyridine rings is 1. The average Bonchev–Trinajstić information content (AvgIpc) is 3.00. The molecule has 5 rings (SSSR count). The van der Waals surface area contributed by atoms with Gasteiger partial charge in [0.25, 0.3) is 0 Å². The Hall–Kier alpha value is -2.91. The van der Waals surface area contributed by atoms with Crippen LogP contribution in [0.3, 0.4) is 0 Å². The van der Waals surface area contributed by atoms with Gasteiger partial charge in [0.05, 0.1) is 18.7 Å². The maximum absolute atomic E-state index is 14.0. The van der Waals surface area contributed by atoms with Gasteiger partial charge in [0.1, 0.15) is 17.6 Å². The lowest BCUT2D eigenvalue weighted by Gasteiger charge is -2.29. The van der Waals surface area contributed by atoms with E-state index in [2.05, 4.69) is 15.6 Å². The van der Waals surface area contributed by atoms with E-state index in [0.717, 1.165) is 30.9 Å². The number of methoxy groups -OCH3 is 1. The molecule has 2 fully saturated rings. The van der Waals surface area contributed by atoms with Gasteiger partial charge >= 0.3 is 5.97 Å². The predicted molar refractivity (Wildman–Crippen MR) is 164 cm³/mol. The molecule has 1 aromatic heterocycles. The van der Waals surface area contributed by atoms with Crippen molar-refractivity contribution < 1.29 is 13.9 Å². The SMILES string of the molecule is COC(=O)C1=C(CS/C(=N/C2CCCCC2)NC2CCCCC2)NC(c2ccccn2)=NC1c1ccc(F)cc1Cl. The van der Waals surface area contributed by atoms with Gasteiger partial charge in [-0.05, 0) is 49.9 Å². The summed E-state index contributed by atoms with van der Waals surface area (Å²) in [6, 6.07) is 9.62. The smallest absolute Gasteiger partial charge is 0.338 e. The van der Waals surface area contributed by atoms with Gasteiger partial charge in [0, 0.05) is 34.3 Å². The summed E-state index contributed by atoms with van der Waals surface area (Å²) < 4.78 is 19.2. The molecule has 2 heterocycles. The van der Waals surface area contributed by atoms with E-state index < -0.39 is 17.8 Å². The lowest BCUT2D eigenvalue weighted by atomic mass is 9.95. The van der Waals surface area contributed by atoms with Crippen LogP contribution in [0.4, 0.5) is 4.39 Å². The third-order valence-electron chi connectivity index (χ3n) is 7.86. The number of halogens is 2. The molecule has 2 aromatic rings. The van der Waals surface area contributed by atoms with Crippen LogP contribution in [0.2, 0.25) is 5.02 Å². The fraction of sp³-hybridized carbons (Fsp3) is 0.484. The number of aromatic nitrogens is 1. The molecule has 1 unspecified atom stereocenters. The molecule has 1 aromatic carbocycles. The third-order valence-corrected chi connectivity index (χ3v) is 9.11. The summed E-state index contributed by atoms with van der Waals surface area (Å²) >= 11 is 8.10. The maximum atomic E-state index is 14.0. The summed E-state index contributed by atoms with van der Waals surface area (Å²) in [5.74, 6) is -0.0476. The Bertz CT molecular complexity index is 1310. The minimum Gasteiger partial charge on any atom is -0.466 e. The summed E-state index contributed by atoms with van der Waals surface area (Å²) in [6.07, 6.45) is 13.6. The van der Waals surface area contributed by atoms with Crippen LogP contribution in [0.1, 0.15) is 81.5 Å². The highest BCUT2D eigenvalue weighted by atomic mass is 35.5. The van der Waals surface area contributed by atoms with Gasteiger partial charge in [-0.2, -0.15) is 0 Å². The lowest BCUT2D eigenvalue weighted by molar-refractivity contribution is -0.136. The number of rotatable bonds is 7. The van der Waals surface area contributed by atoms with Gasteiger partial charge in [-0.15, -0.1) is 0 Å². The summed E-state index contributed by atoms with van der Waals surface area (Å²) in [5, 5.41) is 8.22. The number of carbonyl (C=O) groups excluding carboxylic acids is 1. The molecule has 2 aliphatic carbocycles. The molecule has 7 nitrogen and oxygen atoms in total. The van der Waals surface area contributed by atoms with Crippen molar-refractivity contribution in [2.45, 2.75) is 82.3 Å². The topological polar surface area (TPSA) is 88.0 Å². The molecule has 3 aliphatic rings. The molecule has 0 amide bonds. The van der Waals surface area contributed by atoms with Gasteiger partial charge < -0.3 is 15.4 Å². The van der Waals surface area contributed by atoms with E-state index in [1.807, 2.05) is 18.2 Å². The molecule has 10 heteroatoms. The number of benzene rings is 1. The van der Waals surface area contributed by atoms with Crippen molar-refractivity contribution in [3.05, 3.63) is 76.0 Å². The van der Waals surface area contributed by atoms with Crippen molar-refractivity contribution in [3.8, 4) is 0 Å². The van der Waals surface area contributed by atoms with Gasteiger partial charge in [-0.1, -0.05) is 74.0 Å². The number of aliphatic imine (C=N–C) groups is 2. The summed E-state index contributed by atoms with van der Waals surface area (Å²) in [6.45, 7) is 0. The molecule has 1 aliphatic heterocycles. The summed E-state index contributed by atoms with van der Waals surface area (Å²) in [5.41, 5.74) is 2.12. The van der Waals surface area contributed by atoms with E-state index in [1.165, 1.54) is 57.8 Å². The molecule has 0 radical (unpaired) electrons. The van der Waals surface area contributed by atoms with Crippen molar-refractivity contribution in [2.75, 3.05) is 12.9 Å². The van der Waals surface area contributed by atoms with Crippen LogP contribution in [0, 0.1) is 5.82 Å². The Morgan fingerprint density at radius 3 is 2.56 bits per heavy atom. The quantitative estimate of drug-likeness (QED) is 0.209. The largest absolute Gasteiger partial charge is 0.466 e. The highest BCUT2D eigenvalue weighted by Gasteiger charge is 2.34. The Labute approximate surface area is 250 Å². The zero-order chi connectivity index (χ0) is 28.6. The lowest BCUT2D eigenvalue weighted by Crippen LogP contribution is -2.38. The van der Waals surface area contributed by atoms with Gasteiger partial charge in [-0.3, -0.25) is 15.0 Å². The molecule has 2 saturated carbocycles. The Morgan fingerprint density at radius 2 is 1.88 bits per heavy atom. The maximum Gasteiger partial charge on any atom is 0.338 e. The number of hydrogen-bond donors (Lipinski definition) is 2. The van der Waals surface area contributed by atoms with E-state index in [9.17, 15) is 9.18 Å². The van der Waals surface area contributed by atoms with Gasteiger partial charge in [0.2, 0.25) is 0 Å². The minimum atomic E-state index is -0.797. The number of hydrogen-bond acceptors (Lipinski definition) is 7. The monoisotopic (exact) mass is 597 g/mol. The standard InChI is InChI=1S/C31H37ClFN5O2S/c1-40-30(39)27-26(19-41-31(35-21-10-4-2-5-11-21)36-22-12-6-3-7-13-22)37-29(25-14-8-9-17-34-25)38-28(27)23-16-15-20(33)18-24(23)32/h8-9,14-18,21-22,28H,2-7,10-13,19H2,1H3,(H,35,36)(H,37,38). The fourth-order valence-corrected chi connectivity index (χ4v) is 6.95. The zero-order valence-electron chi connectivity index (χ0n) is 23.4. The van der Waals surface area contributed by atoms with E-state index >= 15 is 0 Å². The summed E-state index contributed by atoms with van der Waals surface area (Å²) in [4.78, 5) is 27.8. The van der Waals surface area contributed by atoms with Crippen molar-refractivity contribution in [1.82, 2.24) is 15.6 Å². The second kappa shape index (κ2) is 14.3. The highest BCUT2D eigenvalue weighted by molar-refractivity contribution is 8.14. The first kappa shape index (κ1) is 29.6. The van der Waals surface area contributed by atoms with Crippen LogP contribution < -0.4 is 10.6 Å². The molecule has 0 bridgehead atoms. The fourth-order valence-electron chi connectivity index (χ4n) is 5.70. The first-order chi connectivity index (χ1) is 20.0. The normalized spacial score (nSPS) is 20.8. The minimum absolute atomic E-state index is 0.188. The first-order valence-electron chi connectivity index (χ1n) is 14.5. The van der Waals surface area contributed by atoms with E-state index in [1.54, 1.807) is 24.0 Å². The molecule has 1 atom stereocenters. The molecule has 0 saturated heterocycles. The molecule has 2 N–H and O–H groups in total. The van der Waals surface area contributed by atoms with E-state index in [-0.39, 0.29) is 5.02 Å². The number of thioether (sulfide) groups is 1. The van der Waals surface area contributed by atoms with Crippen LogP contribution in [-0.2, 0) is 9.53 Å². The van der Waals surface area contributed by atoms with E-state index in [0.29, 0.717) is 46.2 Å². The van der Waals surface area contributed by atoms with Crippen molar-refractivity contribution in [1.29, 1.82) is 0 Å². The number of carbonyl (C=O) groups is 1. The van der Waals surface area contributed by atoms with Crippen LogP contribution in [-0.4, -0.2) is 46.9 Å². The number of amidine groups is 2.